The summed E-state index contributed by atoms with van der Waals surface area (Å²) in [7, 11) is 1.62. The molecule has 0 unspecified atom stereocenters. The summed E-state index contributed by atoms with van der Waals surface area (Å²) in [6.45, 7) is 1.41. The van der Waals surface area contributed by atoms with Crippen LogP contribution in [0.25, 0.3) is 17.0 Å². The Hall–Kier alpha value is -3.54. The Bertz CT molecular complexity index is 1060. The zero-order valence-electron chi connectivity index (χ0n) is 16.3. The zero-order valence-corrected chi connectivity index (χ0v) is 16.3. The minimum absolute atomic E-state index is 0.163. The number of likely N-dealkylation sites (tertiary alicyclic amines) is 1. The summed E-state index contributed by atoms with van der Waals surface area (Å²) >= 11 is 0. The number of fused-ring (bicyclic) bond motifs is 1. The van der Waals surface area contributed by atoms with Gasteiger partial charge in [0.15, 0.2) is 0 Å². The van der Waals surface area contributed by atoms with Crippen molar-refractivity contribution in [1.29, 1.82) is 0 Å². The third-order valence-electron chi connectivity index (χ3n) is 5.13. The van der Waals surface area contributed by atoms with Gasteiger partial charge in [-0.25, -0.2) is 0 Å². The van der Waals surface area contributed by atoms with E-state index in [1.165, 1.54) is 0 Å². The highest BCUT2D eigenvalue weighted by molar-refractivity contribution is 6.06. The number of aromatic nitrogens is 1. The van der Waals surface area contributed by atoms with Gasteiger partial charge in [0.2, 0.25) is 0 Å². The van der Waals surface area contributed by atoms with Crippen molar-refractivity contribution < 1.29 is 14.3 Å². The molecule has 2 N–H and O–H groups in total. The van der Waals surface area contributed by atoms with E-state index in [0.29, 0.717) is 18.7 Å². The summed E-state index contributed by atoms with van der Waals surface area (Å²) in [5.74, 6) is 0.262. The monoisotopic (exact) mass is 389 g/mol. The van der Waals surface area contributed by atoms with Crippen molar-refractivity contribution in [3.05, 3.63) is 71.6 Å². The van der Waals surface area contributed by atoms with E-state index < -0.39 is 0 Å². The smallest absolute Gasteiger partial charge is 0.270 e. The average molecular weight is 389 g/mol. The third-order valence-corrected chi connectivity index (χ3v) is 5.13. The van der Waals surface area contributed by atoms with Crippen LogP contribution in [0.3, 0.4) is 0 Å². The Morgan fingerprint density at radius 1 is 1.10 bits per heavy atom. The standard InChI is InChI=1S/C23H23N3O3/c1-29-18-9-10-20-19(14-18)17(15-24-20)13-21(23(28)26-11-5-6-12-26)25-22(27)16-7-3-2-4-8-16/h2-4,7-10,13-15,24H,5-6,11-12H2,1H3,(H,25,27). The molecule has 1 aromatic heterocycles. The van der Waals surface area contributed by atoms with E-state index in [2.05, 4.69) is 10.3 Å². The predicted molar refractivity (Wildman–Crippen MR) is 113 cm³/mol. The molecule has 0 bridgehead atoms. The van der Waals surface area contributed by atoms with Crippen molar-refractivity contribution in [2.45, 2.75) is 12.8 Å². The second-order valence-corrected chi connectivity index (χ2v) is 7.03. The lowest BCUT2D eigenvalue weighted by Crippen LogP contribution is -2.36. The van der Waals surface area contributed by atoms with Crippen LogP contribution in [0.2, 0.25) is 0 Å². The number of carbonyl (C=O) groups is 2. The van der Waals surface area contributed by atoms with Crippen molar-refractivity contribution in [1.82, 2.24) is 15.2 Å². The molecular formula is C23H23N3O3. The predicted octanol–water partition coefficient (Wildman–Crippen LogP) is 3.57. The number of amides is 2. The highest BCUT2D eigenvalue weighted by Crippen LogP contribution is 2.25. The van der Waals surface area contributed by atoms with E-state index in [-0.39, 0.29) is 17.5 Å². The number of hydrogen-bond donors (Lipinski definition) is 2. The van der Waals surface area contributed by atoms with Gasteiger partial charge in [-0.15, -0.1) is 0 Å². The van der Waals surface area contributed by atoms with Crippen LogP contribution in [-0.2, 0) is 4.79 Å². The van der Waals surface area contributed by atoms with Crippen molar-refractivity contribution in [2.75, 3.05) is 20.2 Å². The normalized spacial score (nSPS) is 14.2. The number of nitrogens with zero attached hydrogens (tertiary/aromatic N) is 1. The maximum absolute atomic E-state index is 13.1. The van der Waals surface area contributed by atoms with E-state index in [9.17, 15) is 9.59 Å². The molecule has 3 aromatic rings. The minimum atomic E-state index is -0.304. The first kappa shape index (κ1) is 18.8. The van der Waals surface area contributed by atoms with Gasteiger partial charge in [0, 0.05) is 41.3 Å². The van der Waals surface area contributed by atoms with E-state index in [4.69, 9.17) is 4.74 Å². The summed E-state index contributed by atoms with van der Waals surface area (Å²) < 4.78 is 5.32. The maximum atomic E-state index is 13.1. The molecule has 2 heterocycles. The van der Waals surface area contributed by atoms with Crippen molar-refractivity contribution in [2.24, 2.45) is 0 Å². The fraction of sp³-hybridized carbons (Fsp3) is 0.217. The first-order chi connectivity index (χ1) is 14.2. The lowest BCUT2D eigenvalue weighted by atomic mass is 10.1. The Balaban J connectivity index is 1.71. The lowest BCUT2D eigenvalue weighted by molar-refractivity contribution is -0.126. The molecule has 2 aromatic carbocycles. The van der Waals surface area contributed by atoms with Gasteiger partial charge in [0.05, 0.1) is 7.11 Å². The number of ether oxygens (including phenoxy) is 1. The number of methoxy groups -OCH3 is 1. The first-order valence-corrected chi connectivity index (χ1v) is 9.68. The fourth-order valence-electron chi connectivity index (χ4n) is 3.55. The molecule has 0 spiro atoms. The van der Waals surface area contributed by atoms with Crippen molar-refractivity contribution >= 4 is 28.8 Å². The Morgan fingerprint density at radius 3 is 2.59 bits per heavy atom. The Morgan fingerprint density at radius 2 is 1.86 bits per heavy atom. The molecule has 148 valence electrons. The van der Waals surface area contributed by atoms with E-state index in [1.807, 2.05) is 30.5 Å². The van der Waals surface area contributed by atoms with Crippen LogP contribution in [0.4, 0.5) is 0 Å². The molecular weight excluding hydrogens is 366 g/mol. The maximum Gasteiger partial charge on any atom is 0.270 e. The van der Waals surface area contributed by atoms with Crippen LogP contribution in [0.5, 0.6) is 5.75 Å². The number of nitrogens with one attached hydrogen (secondary N) is 2. The molecule has 4 rings (SSSR count). The first-order valence-electron chi connectivity index (χ1n) is 9.68. The molecule has 2 amide bonds. The molecule has 6 nitrogen and oxygen atoms in total. The lowest BCUT2D eigenvalue weighted by Gasteiger charge is -2.18. The third kappa shape index (κ3) is 4.01. The molecule has 0 saturated carbocycles. The highest BCUT2D eigenvalue weighted by atomic mass is 16.5. The van der Waals surface area contributed by atoms with Gasteiger partial charge in [-0.05, 0) is 49.2 Å². The molecule has 6 heteroatoms. The zero-order chi connectivity index (χ0) is 20.2. The second-order valence-electron chi connectivity index (χ2n) is 7.03. The molecule has 1 aliphatic heterocycles. The molecule has 29 heavy (non-hydrogen) atoms. The summed E-state index contributed by atoms with van der Waals surface area (Å²) in [5.41, 5.74) is 2.52. The number of hydrogen-bond acceptors (Lipinski definition) is 3. The van der Waals surface area contributed by atoms with Gasteiger partial charge >= 0.3 is 0 Å². The Kier molecular flexibility index (Phi) is 5.33. The number of rotatable bonds is 5. The largest absolute Gasteiger partial charge is 0.497 e. The van der Waals surface area contributed by atoms with Gasteiger partial charge < -0.3 is 19.9 Å². The van der Waals surface area contributed by atoms with E-state index in [0.717, 1.165) is 35.1 Å². The summed E-state index contributed by atoms with van der Waals surface area (Å²) in [6.07, 6.45) is 5.53. The van der Waals surface area contributed by atoms with Crippen molar-refractivity contribution in [3.63, 3.8) is 0 Å². The second kappa shape index (κ2) is 8.22. The van der Waals surface area contributed by atoms with E-state index in [1.54, 1.807) is 42.4 Å². The molecule has 0 radical (unpaired) electrons. The van der Waals surface area contributed by atoms with Crippen LogP contribution in [-0.4, -0.2) is 41.9 Å². The topological polar surface area (TPSA) is 74.4 Å². The minimum Gasteiger partial charge on any atom is -0.497 e. The summed E-state index contributed by atoms with van der Waals surface area (Å²) in [6, 6.07) is 14.6. The van der Waals surface area contributed by atoms with Gasteiger partial charge in [-0.1, -0.05) is 18.2 Å². The molecule has 1 aliphatic rings. The number of benzene rings is 2. The highest BCUT2D eigenvalue weighted by Gasteiger charge is 2.23. The van der Waals surface area contributed by atoms with Crippen LogP contribution >= 0.6 is 0 Å². The van der Waals surface area contributed by atoms with Crippen LogP contribution in [0.15, 0.2) is 60.4 Å². The fourth-order valence-corrected chi connectivity index (χ4v) is 3.55. The van der Waals surface area contributed by atoms with E-state index >= 15 is 0 Å². The van der Waals surface area contributed by atoms with Gasteiger partial charge in [-0.2, -0.15) is 0 Å². The number of carbonyl (C=O) groups excluding carboxylic acids is 2. The SMILES string of the molecule is COc1ccc2[nH]cc(C=C(NC(=O)c3ccccc3)C(=O)N3CCCC3)c2c1. The Labute approximate surface area is 169 Å². The van der Waals surface area contributed by atoms with Crippen LogP contribution in [0.1, 0.15) is 28.8 Å². The molecule has 1 fully saturated rings. The van der Waals surface area contributed by atoms with Crippen molar-refractivity contribution in [3.8, 4) is 5.75 Å². The summed E-state index contributed by atoms with van der Waals surface area (Å²) in [5, 5.41) is 3.75. The van der Waals surface area contributed by atoms with Crippen LogP contribution < -0.4 is 10.1 Å². The van der Waals surface area contributed by atoms with Gasteiger partial charge in [0.25, 0.3) is 11.8 Å². The quantitative estimate of drug-likeness (QED) is 0.655. The van der Waals surface area contributed by atoms with Gasteiger partial charge in [-0.3, -0.25) is 9.59 Å². The molecule has 0 aliphatic carbocycles. The molecule has 1 saturated heterocycles. The van der Waals surface area contributed by atoms with Gasteiger partial charge in [0.1, 0.15) is 11.4 Å². The van der Waals surface area contributed by atoms with Crippen LogP contribution in [0, 0.1) is 0 Å². The summed E-state index contributed by atoms with van der Waals surface area (Å²) in [4.78, 5) is 30.8. The number of aromatic amines is 1. The number of H-pyrrole nitrogens is 1. The average Bonchev–Trinajstić information content (AvgIpc) is 3.43. The molecule has 0 atom stereocenters.